The molecule has 0 aliphatic rings. The van der Waals surface area contributed by atoms with E-state index in [1.807, 2.05) is 18.4 Å². The highest BCUT2D eigenvalue weighted by Crippen LogP contribution is 2.27. The third-order valence-corrected chi connectivity index (χ3v) is 4.10. The summed E-state index contributed by atoms with van der Waals surface area (Å²) in [6, 6.07) is 8.76. The zero-order valence-corrected chi connectivity index (χ0v) is 13.3. The lowest BCUT2D eigenvalue weighted by atomic mass is 10.1. The van der Waals surface area contributed by atoms with E-state index >= 15 is 0 Å². The summed E-state index contributed by atoms with van der Waals surface area (Å²) >= 11 is 1.81. The van der Waals surface area contributed by atoms with Crippen LogP contribution in [0.3, 0.4) is 0 Å². The highest BCUT2D eigenvalue weighted by Gasteiger charge is 2.09. The highest BCUT2D eigenvalue weighted by atomic mass is 35.5. The molecular weight excluding hydrogens is 276 g/mol. The highest BCUT2D eigenvalue weighted by molar-refractivity contribution is 7.12. The number of likely N-dealkylation sites (N-methyl/N-ethyl adjacent to an activating group) is 1. The van der Waals surface area contributed by atoms with Gasteiger partial charge < -0.3 is 5.32 Å². The Morgan fingerprint density at radius 1 is 1.21 bits per heavy atom. The molecule has 0 unspecified atom stereocenters. The number of halogens is 1. The summed E-state index contributed by atoms with van der Waals surface area (Å²) in [5.41, 5.74) is 3.76. The summed E-state index contributed by atoms with van der Waals surface area (Å²) in [4.78, 5) is 6.06. The van der Waals surface area contributed by atoms with Crippen molar-refractivity contribution < 1.29 is 0 Å². The van der Waals surface area contributed by atoms with Crippen LogP contribution in [0.25, 0.3) is 11.3 Å². The third-order valence-electron chi connectivity index (χ3n) is 3.07. The summed E-state index contributed by atoms with van der Waals surface area (Å²) in [6.07, 6.45) is 2.10. The molecule has 4 heteroatoms. The molecule has 0 fully saturated rings. The SMILES string of the molecule is CCc1ccc(-c2nc(CCNC)sc2C)cc1.Cl. The minimum Gasteiger partial charge on any atom is -0.319 e. The summed E-state index contributed by atoms with van der Waals surface area (Å²) in [7, 11) is 1.98. The summed E-state index contributed by atoms with van der Waals surface area (Å²) in [6.45, 7) is 5.32. The lowest BCUT2D eigenvalue weighted by molar-refractivity contribution is 0.788. The van der Waals surface area contributed by atoms with Crippen LogP contribution >= 0.6 is 23.7 Å². The van der Waals surface area contributed by atoms with E-state index in [-0.39, 0.29) is 12.4 Å². The van der Waals surface area contributed by atoms with Gasteiger partial charge in [-0.25, -0.2) is 4.98 Å². The predicted octanol–water partition coefficient (Wildman–Crippen LogP) is 3.86. The molecule has 1 heterocycles. The number of hydrogen-bond acceptors (Lipinski definition) is 3. The van der Waals surface area contributed by atoms with Crippen LogP contribution in [0.4, 0.5) is 0 Å². The number of benzene rings is 1. The topological polar surface area (TPSA) is 24.9 Å². The van der Waals surface area contributed by atoms with Crippen molar-refractivity contribution in [2.45, 2.75) is 26.7 Å². The van der Waals surface area contributed by atoms with Gasteiger partial charge in [0, 0.05) is 23.4 Å². The average molecular weight is 297 g/mol. The minimum atomic E-state index is 0. The molecule has 1 N–H and O–H groups in total. The van der Waals surface area contributed by atoms with Gasteiger partial charge in [0.1, 0.15) is 0 Å². The van der Waals surface area contributed by atoms with Crippen molar-refractivity contribution in [1.82, 2.24) is 10.3 Å². The van der Waals surface area contributed by atoms with Crippen LogP contribution < -0.4 is 5.32 Å². The number of nitrogens with one attached hydrogen (secondary N) is 1. The van der Waals surface area contributed by atoms with Crippen LogP contribution in [0.5, 0.6) is 0 Å². The zero-order chi connectivity index (χ0) is 13.0. The van der Waals surface area contributed by atoms with Gasteiger partial charge in [-0.05, 0) is 26.0 Å². The molecule has 0 radical (unpaired) electrons. The number of hydrogen-bond donors (Lipinski definition) is 1. The van der Waals surface area contributed by atoms with Gasteiger partial charge in [-0.15, -0.1) is 23.7 Å². The van der Waals surface area contributed by atoms with Crippen LogP contribution in [0.1, 0.15) is 22.4 Å². The van der Waals surface area contributed by atoms with Crippen molar-refractivity contribution >= 4 is 23.7 Å². The largest absolute Gasteiger partial charge is 0.319 e. The Bertz CT molecular complexity index is 505. The first-order valence-electron chi connectivity index (χ1n) is 6.44. The number of aryl methyl sites for hydroxylation is 2. The van der Waals surface area contributed by atoms with Crippen molar-refractivity contribution in [2.24, 2.45) is 0 Å². The molecule has 0 aliphatic heterocycles. The Morgan fingerprint density at radius 2 is 1.89 bits per heavy atom. The summed E-state index contributed by atoms with van der Waals surface area (Å²) < 4.78 is 0. The Balaban J connectivity index is 0.00000180. The maximum Gasteiger partial charge on any atom is 0.0948 e. The Morgan fingerprint density at radius 3 is 2.47 bits per heavy atom. The van der Waals surface area contributed by atoms with E-state index < -0.39 is 0 Å². The fourth-order valence-corrected chi connectivity index (χ4v) is 2.91. The van der Waals surface area contributed by atoms with E-state index in [1.165, 1.54) is 21.0 Å². The zero-order valence-electron chi connectivity index (χ0n) is 11.7. The Labute approximate surface area is 125 Å². The molecule has 2 aromatic rings. The number of rotatable bonds is 5. The molecule has 0 bridgehead atoms. The Kier molecular flexibility index (Phi) is 6.49. The lowest BCUT2D eigenvalue weighted by Crippen LogP contribution is -2.09. The number of thiazole rings is 1. The van der Waals surface area contributed by atoms with Gasteiger partial charge in [-0.3, -0.25) is 0 Å². The molecule has 0 atom stereocenters. The minimum absolute atomic E-state index is 0. The second-order valence-corrected chi connectivity index (χ2v) is 5.70. The van der Waals surface area contributed by atoms with Crippen LogP contribution in [-0.2, 0) is 12.8 Å². The molecule has 19 heavy (non-hydrogen) atoms. The van der Waals surface area contributed by atoms with Gasteiger partial charge in [0.05, 0.1) is 10.7 Å². The quantitative estimate of drug-likeness (QED) is 0.906. The first-order valence-corrected chi connectivity index (χ1v) is 7.26. The van der Waals surface area contributed by atoms with Crippen LogP contribution in [0.15, 0.2) is 24.3 Å². The monoisotopic (exact) mass is 296 g/mol. The van der Waals surface area contributed by atoms with E-state index in [1.54, 1.807) is 0 Å². The van der Waals surface area contributed by atoms with E-state index in [4.69, 9.17) is 4.98 Å². The van der Waals surface area contributed by atoms with Crippen molar-refractivity contribution in [3.05, 3.63) is 39.7 Å². The van der Waals surface area contributed by atoms with Crippen molar-refractivity contribution in [1.29, 1.82) is 0 Å². The first kappa shape index (κ1) is 16.2. The van der Waals surface area contributed by atoms with Crippen LogP contribution in [0, 0.1) is 6.92 Å². The third kappa shape index (κ3) is 4.03. The van der Waals surface area contributed by atoms with Gasteiger partial charge in [-0.2, -0.15) is 0 Å². The number of aromatic nitrogens is 1. The van der Waals surface area contributed by atoms with Crippen molar-refractivity contribution in [3.63, 3.8) is 0 Å². The lowest BCUT2D eigenvalue weighted by Gasteiger charge is -2.00. The molecule has 0 aliphatic carbocycles. The molecule has 0 saturated heterocycles. The maximum atomic E-state index is 4.75. The molecular formula is C15H21ClN2S. The normalized spacial score (nSPS) is 10.3. The van der Waals surface area contributed by atoms with Gasteiger partial charge >= 0.3 is 0 Å². The summed E-state index contributed by atoms with van der Waals surface area (Å²) in [5, 5.41) is 4.39. The second kappa shape index (κ2) is 7.63. The molecule has 2 rings (SSSR count). The standard InChI is InChI=1S/C15H20N2S.ClH/c1-4-12-5-7-13(8-6-12)15-11(2)18-14(17-15)9-10-16-3;/h5-8,16H,4,9-10H2,1-3H3;1H. The smallest absolute Gasteiger partial charge is 0.0948 e. The van der Waals surface area contributed by atoms with Gasteiger partial charge in [0.15, 0.2) is 0 Å². The summed E-state index contributed by atoms with van der Waals surface area (Å²) in [5.74, 6) is 0. The van der Waals surface area contributed by atoms with Crippen LogP contribution in [0.2, 0.25) is 0 Å². The molecule has 104 valence electrons. The van der Waals surface area contributed by atoms with Gasteiger partial charge in [0.2, 0.25) is 0 Å². The van der Waals surface area contributed by atoms with E-state index in [0.717, 1.165) is 25.1 Å². The number of nitrogens with zero attached hydrogens (tertiary/aromatic N) is 1. The molecule has 1 aromatic heterocycles. The van der Waals surface area contributed by atoms with Gasteiger partial charge in [-0.1, -0.05) is 31.2 Å². The van der Waals surface area contributed by atoms with E-state index in [0.29, 0.717) is 0 Å². The average Bonchev–Trinajstić information content (AvgIpc) is 2.78. The van der Waals surface area contributed by atoms with E-state index in [9.17, 15) is 0 Å². The van der Waals surface area contributed by atoms with Gasteiger partial charge in [0.25, 0.3) is 0 Å². The van der Waals surface area contributed by atoms with Crippen LogP contribution in [-0.4, -0.2) is 18.6 Å². The predicted molar refractivity (Wildman–Crippen MR) is 86.5 cm³/mol. The molecule has 0 amide bonds. The molecule has 0 spiro atoms. The fourth-order valence-electron chi connectivity index (χ4n) is 1.96. The van der Waals surface area contributed by atoms with Crippen molar-refractivity contribution in [3.8, 4) is 11.3 Å². The Hall–Kier alpha value is -0.900. The molecule has 1 aromatic carbocycles. The van der Waals surface area contributed by atoms with Crippen molar-refractivity contribution in [2.75, 3.05) is 13.6 Å². The molecule has 0 saturated carbocycles. The molecule has 2 nitrogen and oxygen atoms in total. The van der Waals surface area contributed by atoms with E-state index in [2.05, 4.69) is 43.4 Å². The fraction of sp³-hybridized carbons (Fsp3) is 0.400. The first-order chi connectivity index (χ1) is 8.74. The maximum absolute atomic E-state index is 4.75. The second-order valence-electron chi connectivity index (χ2n) is 4.42.